The van der Waals surface area contributed by atoms with Crippen LogP contribution in [-0.4, -0.2) is 6.04 Å². The van der Waals surface area contributed by atoms with Crippen molar-refractivity contribution in [1.29, 1.82) is 0 Å². The lowest BCUT2D eigenvalue weighted by atomic mass is 9.82. The maximum absolute atomic E-state index is 6.37. The SMILES string of the molecule is C1=C(c2cc3ccccc3c3ccccc23)CC(N(c2cccc(-c3cccc4oc5ccccc5c34)c2)c2ccccc2-c2ccccc2)C(c2ccccc2)=C1. The van der Waals surface area contributed by atoms with E-state index in [-0.39, 0.29) is 6.04 Å². The molecule has 2 nitrogen and oxygen atoms in total. The molecule has 274 valence electrons. The number of hydrogen-bond acceptors (Lipinski definition) is 2. The van der Waals surface area contributed by atoms with Crippen LogP contribution in [-0.2, 0) is 0 Å². The van der Waals surface area contributed by atoms with E-state index in [4.69, 9.17) is 4.42 Å². The van der Waals surface area contributed by atoms with Gasteiger partial charge in [-0.2, -0.15) is 0 Å². The van der Waals surface area contributed by atoms with E-state index in [1.807, 2.05) is 6.07 Å². The van der Waals surface area contributed by atoms with Crippen LogP contribution >= 0.6 is 0 Å². The van der Waals surface area contributed by atoms with Gasteiger partial charge in [-0.15, -0.1) is 0 Å². The van der Waals surface area contributed by atoms with Crippen molar-refractivity contribution >= 4 is 66.0 Å². The van der Waals surface area contributed by atoms with Crippen LogP contribution < -0.4 is 4.90 Å². The van der Waals surface area contributed by atoms with Crippen LogP contribution in [0, 0.1) is 0 Å². The number of hydrogen-bond donors (Lipinski definition) is 0. The van der Waals surface area contributed by atoms with Crippen LogP contribution in [0.3, 0.4) is 0 Å². The molecular formula is C56H39NO. The summed E-state index contributed by atoms with van der Waals surface area (Å²) >= 11 is 0. The number of para-hydroxylation sites is 2. The summed E-state index contributed by atoms with van der Waals surface area (Å²) in [6.45, 7) is 0. The minimum atomic E-state index is -0.0432. The zero-order valence-electron chi connectivity index (χ0n) is 31.9. The number of anilines is 2. The first-order valence-corrected chi connectivity index (χ1v) is 20.1. The molecular weight excluding hydrogens is 703 g/mol. The lowest BCUT2D eigenvalue weighted by Crippen LogP contribution is -2.34. The van der Waals surface area contributed by atoms with Gasteiger partial charge in [0.15, 0.2) is 0 Å². The minimum Gasteiger partial charge on any atom is -0.456 e. The first kappa shape index (κ1) is 33.9. The molecule has 58 heavy (non-hydrogen) atoms. The Kier molecular flexibility index (Phi) is 8.33. The number of nitrogens with zero attached hydrogens (tertiary/aromatic N) is 1. The van der Waals surface area contributed by atoms with Crippen molar-refractivity contribution < 1.29 is 4.42 Å². The predicted octanol–water partition coefficient (Wildman–Crippen LogP) is 15.3. The highest BCUT2D eigenvalue weighted by Gasteiger charge is 2.31. The number of rotatable bonds is 7. The molecule has 0 aliphatic heterocycles. The summed E-state index contributed by atoms with van der Waals surface area (Å²) in [6.07, 6.45) is 5.55. The van der Waals surface area contributed by atoms with Crippen LogP contribution in [0.1, 0.15) is 17.5 Å². The van der Waals surface area contributed by atoms with E-state index in [9.17, 15) is 0 Å². The Morgan fingerprint density at radius 3 is 1.88 bits per heavy atom. The van der Waals surface area contributed by atoms with Crippen LogP contribution in [0.15, 0.2) is 223 Å². The van der Waals surface area contributed by atoms with Crippen LogP contribution in [0.25, 0.3) is 76.9 Å². The Morgan fingerprint density at radius 1 is 0.414 bits per heavy atom. The van der Waals surface area contributed by atoms with Crippen LogP contribution in [0.4, 0.5) is 11.4 Å². The Morgan fingerprint density at radius 2 is 1.03 bits per heavy atom. The molecule has 9 aromatic carbocycles. The number of benzene rings is 9. The monoisotopic (exact) mass is 741 g/mol. The first-order valence-electron chi connectivity index (χ1n) is 20.1. The molecule has 0 fully saturated rings. The quantitative estimate of drug-likeness (QED) is 0.151. The van der Waals surface area contributed by atoms with E-state index in [0.29, 0.717) is 0 Å². The van der Waals surface area contributed by atoms with Crippen molar-refractivity contribution in [2.45, 2.75) is 12.5 Å². The Bertz CT molecular complexity index is 3210. The van der Waals surface area contributed by atoms with Crippen molar-refractivity contribution in [2.24, 2.45) is 0 Å². The molecule has 0 N–H and O–H groups in total. The van der Waals surface area contributed by atoms with Gasteiger partial charge >= 0.3 is 0 Å². The normalized spacial score (nSPS) is 14.2. The maximum atomic E-state index is 6.37. The second-order valence-corrected chi connectivity index (χ2v) is 15.2. The molecule has 0 saturated carbocycles. The van der Waals surface area contributed by atoms with Crippen LogP contribution in [0.2, 0.25) is 0 Å². The molecule has 10 aromatic rings. The highest BCUT2D eigenvalue weighted by atomic mass is 16.3. The van der Waals surface area contributed by atoms with Gasteiger partial charge in [0.1, 0.15) is 11.2 Å². The maximum Gasteiger partial charge on any atom is 0.136 e. The zero-order chi connectivity index (χ0) is 38.4. The third-order valence-corrected chi connectivity index (χ3v) is 11.9. The summed E-state index contributed by atoms with van der Waals surface area (Å²) in [5, 5.41) is 7.37. The summed E-state index contributed by atoms with van der Waals surface area (Å²) in [4.78, 5) is 2.61. The third kappa shape index (κ3) is 5.81. The molecule has 1 unspecified atom stereocenters. The molecule has 0 saturated heterocycles. The van der Waals surface area contributed by atoms with E-state index < -0.39 is 0 Å². The number of furan rings is 1. The molecule has 0 spiro atoms. The molecule has 1 aliphatic carbocycles. The molecule has 0 amide bonds. The second kappa shape index (κ2) is 14.3. The van der Waals surface area contributed by atoms with Crippen molar-refractivity contribution in [3.8, 4) is 22.3 Å². The van der Waals surface area contributed by atoms with Gasteiger partial charge in [0.05, 0.1) is 6.04 Å². The molecule has 1 heterocycles. The average Bonchev–Trinajstić information content (AvgIpc) is 3.69. The molecule has 1 aliphatic rings. The average molecular weight is 742 g/mol. The summed E-state index contributed by atoms with van der Waals surface area (Å²) in [6, 6.07) is 74.6. The van der Waals surface area contributed by atoms with E-state index >= 15 is 0 Å². The molecule has 0 radical (unpaired) electrons. The topological polar surface area (TPSA) is 16.4 Å². The van der Waals surface area contributed by atoms with Crippen LogP contribution in [0.5, 0.6) is 0 Å². The predicted molar refractivity (Wildman–Crippen MR) is 245 cm³/mol. The van der Waals surface area contributed by atoms with E-state index in [2.05, 4.69) is 217 Å². The van der Waals surface area contributed by atoms with E-state index in [1.54, 1.807) is 0 Å². The molecule has 1 aromatic heterocycles. The highest BCUT2D eigenvalue weighted by Crippen LogP contribution is 2.47. The van der Waals surface area contributed by atoms with E-state index in [1.165, 1.54) is 54.9 Å². The number of allylic oxidation sites excluding steroid dienone is 2. The van der Waals surface area contributed by atoms with Crippen molar-refractivity contribution in [3.63, 3.8) is 0 Å². The second-order valence-electron chi connectivity index (χ2n) is 15.2. The van der Waals surface area contributed by atoms with Gasteiger partial charge in [0.25, 0.3) is 0 Å². The Balaban J connectivity index is 1.15. The lowest BCUT2D eigenvalue weighted by molar-refractivity contribution is 0.669. The van der Waals surface area contributed by atoms with Gasteiger partial charge < -0.3 is 9.32 Å². The van der Waals surface area contributed by atoms with Gasteiger partial charge in [-0.1, -0.05) is 182 Å². The smallest absolute Gasteiger partial charge is 0.136 e. The summed E-state index contributed by atoms with van der Waals surface area (Å²) in [5.41, 5.74) is 13.9. The summed E-state index contributed by atoms with van der Waals surface area (Å²) < 4.78 is 6.37. The number of fused-ring (bicyclic) bond motifs is 6. The summed E-state index contributed by atoms with van der Waals surface area (Å²) in [5.74, 6) is 0. The Labute approximate surface area is 338 Å². The van der Waals surface area contributed by atoms with Gasteiger partial charge in [-0.3, -0.25) is 0 Å². The molecule has 11 rings (SSSR count). The highest BCUT2D eigenvalue weighted by molar-refractivity contribution is 6.13. The molecule has 0 bridgehead atoms. The fourth-order valence-electron chi connectivity index (χ4n) is 9.23. The molecule has 2 heteroatoms. The van der Waals surface area contributed by atoms with Gasteiger partial charge in [0.2, 0.25) is 0 Å². The Hall–Kier alpha value is -7.42. The van der Waals surface area contributed by atoms with Gasteiger partial charge in [-0.05, 0) is 103 Å². The standard InChI is InChI=1S/C56H39NO/c1-3-17-38(18-4-1)45-25-11-13-30-52(45)57(43-23-15-22-40(35-43)47-29-16-32-55-56(47)50-28-12-14-31-54(50)58-55)53-37-42(33-34-46(53)39-19-5-2-6-20-39)51-36-41-21-7-8-24-44(41)48-26-9-10-27-49(48)51/h1-36,53H,37H2. The van der Waals surface area contributed by atoms with E-state index in [0.717, 1.165) is 50.9 Å². The third-order valence-electron chi connectivity index (χ3n) is 11.9. The first-order chi connectivity index (χ1) is 28.8. The largest absolute Gasteiger partial charge is 0.456 e. The van der Waals surface area contributed by atoms with Crippen molar-refractivity contribution in [1.82, 2.24) is 0 Å². The van der Waals surface area contributed by atoms with Gasteiger partial charge in [0, 0.05) is 27.7 Å². The van der Waals surface area contributed by atoms with Crippen molar-refractivity contribution in [3.05, 3.63) is 230 Å². The fraction of sp³-hybridized carbons (Fsp3) is 0.0357. The zero-order valence-corrected chi connectivity index (χ0v) is 31.9. The minimum absolute atomic E-state index is 0.0432. The molecule has 1 atom stereocenters. The van der Waals surface area contributed by atoms with Gasteiger partial charge in [-0.25, -0.2) is 0 Å². The summed E-state index contributed by atoms with van der Waals surface area (Å²) in [7, 11) is 0. The van der Waals surface area contributed by atoms with Crippen molar-refractivity contribution in [2.75, 3.05) is 4.90 Å². The fourth-order valence-corrected chi connectivity index (χ4v) is 9.23. The lowest BCUT2D eigenvalue weighted by Gasteiger charge is -2.39.